The van der Waals surface area contributed by atoms with Crippen LogP contribution >= 0.6 is 11.3 Å². The van der Waals surface area contributed by atoms with Gasteiger partial charge in [-0.25, -0.2) is 0 Å². The van der Waals surface area contributed by atoms with Crippen molar-refractivity contribution in [3.05, 3.63) is 70.4 Å². The topological polar surface area (TPSA) is 25.2 Å². The van der Waals surface area contributed by atoms with Crippen LogP contribution in [0.25, 0.3) is 21.8 Å². The van der Waals surface area contributed by atoms with Crippen molar-refractivity contribution in [1.82, 2.24) is 4.57 Å². The van der Waals surface area contributed by atoms with E-state index >= 15 is 0 Å². The number of aliphatic hydroxyl groups is 1. The van der Waals surface area contributed by atoms with Crippen LogP contribution in [-0.2, 0) is 6.54 Å². The summed E-state index contributed by atoms with van der Waals surface area (Å²) < 4.78 is 2.33. The van der Waals surface area contributed by atoms with Gasteiger partial charge < -0.3 is 9.67 Å². The van der Waals surface area contributed by atoms with E-state index in [4.69, 9.17) is 0 Å². The van der Waals surface area contributed by atoms with Crippen LogP contribution < -0.4 is 0 Å². The van der Waals surface area contributed by atoms with E-state index in [1.165, 1.54) is 21.8 Å². The fraction of sp³-hybridized carbons (Fsp3) is 0.158. The third-order valence-electron chi connectivity index (χ3n) is 4.24. The van der Waals surface area contributed by atoms with Gasteiger partial charge in [0.15, 0.2) is 0 Å². The molecule has 0 radical (unpaired) electrons. The molecule has 22 heavy (non-hydrogen) atoms. The molecular formula is C19H17NOS. The van der Waals surface area contributed by atoms with Gasteiger partial charge >= 0.3 is 0 Å². The van der Waals surface area contributed by atoms with Crippen molar-refractivity contribution < 1.29 is 5.11 Å². The monoisotopic (exact) mass is 307 g/mol. The van der Waals surface area contributed by atoms with E-state index in [1.54, 1.807) is 11.3 Å². The summed E-state index contributed by atoms with van der Waals surface area (Å²) in [7, 11) is 0. The van der Waals surface area contributed by atoms with Gasteiger partial charge in [-0.2, -0.15) is 0 Å². The zero-order chi connectivity index (χ0) is 15.1. The van der Waals surface area contributed by atoms with Crippen molar-refractivity contribution in [1.29, 1.82) is 0 Å². The van der Waals surface area contributed by atoms with E-state index in [-0.39, 0.29) is 0 Å². The highest BCUT2D eigenvalue weighted by Gasteiger charge is 2.15. The van der Waals surface area contributed by atoms with E-state index in [9.17, 15) is 5.11 Å². The number of thiophene rings is 1. The number of hydrogen-bond donors (Lipinski definition) is 1. The Morgan fingerprint density at radius 3 is 2.59 bits per heavy atom. The Labute approximate surface area is 133 Å². The molecule has 1 N–H and O–H groups in total. The van der Waals surface area contributed by atoms with Crippen molar-refractivity contribution in [3.8, 4) is 0 Å². The lowest BCUT2D eigenvalue weighted by atomic mass is 10.0. The van der Waals surface area contributed by atoms with E-state index in [2.05, 4.69) is 47.9 Å². The SMILES string of the molecule is CCn1c2ccccc2c2cc(C(O)c3cccs3)ccc21. The van der Waals surface area contributed by atoms with E-state index in [1.807, 2.05) is 23.6 Å². The van der Waals surface area contributed by atoms with Crippen LogP contribution in [-0.4, -0.2) is 9.67 Å². The van der Waals surface area contributed by atoms with Gasteiger partial charge in [-0.15, -0.1) is 11.3 Å². The molecule has 1 atom stereocenters. The molecule has 1 unspecified atom stereocenters. The highest BCUT2D eigenvalue weighted by molar-refractivity contribution is 7.10. The van der Waals surface area contributed by atoms with Crippen molar-refractivity contribution in [2.45, 2.75) is 19.6 Å². The largest absolute Gasteiger partial charge is 0.383 e. The molecule has 4 aromatic rings. The molecule has 4 rings (SSSR count). The zero-order valence-corrected chi connectivity index (χ0v) is 13.2. The first-order valence-electron chi connectivity index (χ1n) is 7.52. The van der Waals surface area contributed by atoms with Gasteiger partial charge in [0.2, 0.25) is 0 Å². The summed E-state index contributed by atoms with van der Waals surface area (Å²) in [6.07, 6.45) is -0.548. The molecule has 0 saturated heterocycles. The molecular weight excluding hydrogens is 290 g/mol. The summed E-state index contributed by atoms with van der Waals surface area (Å²) >= 11 is 1.59. The van der Waals surface area contributed by atoms with Gasteiger partial charge in [-0.1, -0.05) is 30.3 Å². The predicted molar refractivity (Wildman–Crippen MR) is 93.5 cm³/mol. The Morgan fingerprint density at radius 1 is 1.00 bits per heavy atom. The van der Waals surface area contributed by atoms with Crippen LogP contribution in [0.2, 0.25) is 0 Å². The first kappa shape index (κ1) is 13.6. The second-order valence-electron chi connectivity index (χ2n) is 5.46. The predicted octanol–water partition coefficient (Wildman–Crippen LogP) is 4.96. The van der Waals surface area contributed by atoms with Crippen LogP contribution in [0.1, 0.15) is 23.5 Å². The molecule has 0 spiro atoms. The maximum Gasteiger partial charge on any atom is 0.113 e. The summed E-state index contributed by atoms with van der Waals surface area (Å²) in [5, 5.41) is 15.0. The number of rotatable bonds is 3. The molecule has 2 heterocycles. The second kappa shape index (κ2) is 5.27. The molecule has 2 aromatic heterocycles. The molecule has 110 valence electrons. The molecule has 2 nitrogen and oxygen atoms in total. The van der Waals surface area contributed by atoms with Crippen molar-refractivity contribution in [2.75, 3.05) is 0 Å². The number of para-hydroxylation sites is 1. The fourth-order valence-corrected chi connectivity index (χ4v) is 3.93. The number of aryl methyl sites for hydroxylation is 1. The normalized spacial score (nSPS) is 13.0. The maximum absolute atomic E-state index is 10.6. The van der Waals surface area contributed by atoms with Gasteiger partial charge in [0.1, 0.15) is 6.10 Å². The number of hydrogen-bond acceptors (Lipinski definition) is 2. The molecule has 0 aliphatic heterocycles. The number of aromatic nitrogens is 1. The first-order chi connectivity index (χ1) is 10.8. The minimum absolute atomic E-state index is 0.548. The Hall–Kier alpha value is -2.10. The number of benzene rings is 2. The highest BCUT2D eigenvalue weighted by atomic mass is 32.1. The summed E-state index contributed by atoms with van der Waals surface area (Å²) in [6, 6.07) is 18.7. The summed E-state index contributed by atoms with van der Waals surface area (Å²) in [5.74, 6) is 0. The van der Waals surface area contributed by atoms with Crippen molar-refractivity contribution in [3.63, 3.8) is 0 Å². The summed E-state index contributed by atoms with van der Waals surface area (Å²) in [4.78, 5) is 0.985. The molecule has 0 bridgehead atoms. The van der Waals surface area contributed by atoms with Crippen LogP contribution in [0, 0.1) is 0 Å². The molecule has 0 fully saturated rings. The van der Waals surface area contributed by atoms with E-state index in [0.717, 1.165) is 17.0 Å². The fourth-order valence-electron chi connectivity index (χ4n) is 3.19. The third kappa shape index (κ3) is 1.97. The third-order valence-corrected chi connectivity index (χ3v) is 5.17. The average molecular weight is 307 g/mol. The Kier molecular flexibility index (Phi) is 3.25. The van der Waals surface area contributed by atoms with Crippen LogP contribution in [0.3, 0.4) is 0 Å². The Balaban J connectivity index is 1.96. The van der Waals surface area contributed by atoms with Crippen LogP contribution in [0.4, 0.5) is 0 Å². The Bertz CT molecular complexity index is 937. The van der Waals surface area contributed by atoms with E-state index in [0.29, 0.717) is 0 Å². The molecule has 0 aliphatic carbocycles. The molecule has 2 aromatic carbocycles. The standard InChI is InChI=1S/C19H17NOS/c1-2-20-16-7-4-3-6-14(16)15-12-13(9-10-17(15)20)19(21)18-8-5-11-22-18/h3-12,19,21H,2H2,1H3. The summed E-state index contributed by atoms with van der Waals surface area (Å²) in [6.45, 7) is 3.11. The van der Waals surface area contributed by atoms with Gasteiger partial charge in [0.25, 0.3) is 0 Å². The first-order valence-corrected chi connectivity index (χ1v) is 8.40. The lowest BCUT2D eigenvalue weighted by molar-refractivity contribution is 0.224. The van der Waals surface area contributed by atoms with E-state index < -0.39 is 6.10 Å². The van der Waals surface area contributed by atoms with Gasteiger partial charge in [0, 0.05) is 33.2 Å². The zero-order valence-electron chi connectivity index (χ0n) is 12.4. The number of fused-ring (bicyclic) bond motifs is 3. The van der Waals surface area contributed by atoms with Crippen LogP contribution in [0.5, 0.6) is 0 Å². The molecule has 0 saturated carbocycles. The van der Waals surface area contributed by atoms with Gasteiger partial charge in [0.05, 0.1) is 0 Å². The maximum atomic E-state index is 10.6. The smallest absolute Gasteiger partial charge is 0.113 e. The lowest BCUT2D eigenvalue weighted by Gasteiger charge is -2.10. The number of nitrogens with zero attached hydrogens (tertiary/aromatic N) is 1. The van der Waals surface area contributed by atoms with Crippen molar-refractivity contribution >= 4 is 33.1 Å². The Morgan fingerprint density at radius 2 is 1.82 bits per heavy atom. The average Bonchev–Trinajstić information content (AvgIpc) is 3.20. The highest BCUT2D eigenvalue weighted by Crippen LogP contribution is 2.33. The quantitative estimate of drug-likeness (QED) is 0.569. The minimum Gasteiger partial charge on any atom is -0.383 e. The van der Waals surface area contributed by atoms with Gasteiger partial charge in [-0.05, 0) is 42.1 Å². The van der Waals surface area contributed by atoms with Gasteiger partial charge in [-0.3, -0.25) is 0 Å². The van der Waals surface area contributed by atoms with Crippen molar-refractivity contribution in [2.24, 2.45) is 0 Å². The minimum atomic E-state index is -0.548. The summed E-state index contributed by atoms with van der Waals surface area (Å²) in [5.41, 5.74) is 3.43. The molecule has 0 aliphatic rings. The molecule has 3 heteroatoms. The van der Waals surface area contributed by atoms with Crippen LogP contribution in [0.15, 0.2) is 60.0 Å². The lowest BCUT2D eigenvalue weighted by Crippen LogP contribution is -1.97. The second-order valence-corrected chi connectivity index (χ2v) is 6.44. The number of aliphatic hydroxyl groups excluding tert-OH is 1. The molecule has 0 amide bonds.